The second-order valence-corrected chi connectivity index (χ2v) is 6.10. The number of nitrogens with zero attached hydrogens (tertiary/aromatic N) is 2. The lowest BCUT2D eigenvalue weighted by atomic mass is 9.90. The Labute approximate surface area is 112 Å². The number of thioether (sulfide) groups is 1. The van der Waals surface area contributed by atoms with Gasteiger partial charge in [0.2, 0.25) is 0 Å². The molecule has 0 aliphatic carbocycles. The van der Waals surface area contributed by atoms with E-state index in [0.717, 1.165) is 18.6 Å². The summed E-state index contributed by atoms with van der Waals surface area (Å²) in [5.74, 6) is 0. The number of piperidine rings is 1. The zero-order valence-corrected chi connectivity index (χ0v) is 11.8. The fourth-order valence-corrected chi connectivity index (χ4v) is 3.19. The molecule has 18 heavy (non-hydrogen) atoms. The first kappa shape index (κ1) is 12.1. The van der Waals surface area contributed by atoms with Gasteiger partial charge in [0.25, 0.3) is 0 Å². The third-order valence-electron chi connectivity index (χ3n) is 4.02. The number of rotatable bonds is 2. The average molecular weight is 261 g/mol. The minimum atomic E-state index is 0.209. The number of hydrogen-bond donors (Lipinski definition) is 1. The Morgan fingerprint density at radius 3 is 2.83 bits per heavy atom. The highest BCUT2D eigenvalue weighted by atomic mass is 32.2. The van der Waals surface area contributed by atoms with E-state index in [1.807, 2.05) is 6.33 Å². The zero-order valence-electron chi connectivity index (χ0n) is 10.9. The van der Waals surface area contributed by atoms with E-state index >= 15 is 0 Å². The van der Waals surface area contributed by atoms with E-state index in [0.29, 0.717) is 0 Å². The molecule has 0 radical (unpaired) electrons. The summed E-state index contributed by atoms with van der Waals surface area (Å²) in [6, 6.07) is 6.58. The minimum Gasteiger partial charge on any atom is -0.325 e. The summed E-state index contributed by atoms with van der Waals surface area (Å²) in [5, 5.41) is 3.43. The first-order chi connectivity index (χ1) is 8.73. The summed E-state index contributed by atoms with van der Waals surface area (Å²) in [7, 11) is 0. The summed E-state index contributed by atoms with van der Waals surface area (Å²) >= 11 is 1.77. The van der Waals surface area contributed by atoms with Crippen molar-refractivity contribution in [2.75, 3.05) is 19.3 Å². The summed E-state index contributed by atoms with van der Waals surface area (Å²) in [5.41, 5.74) is 2.58. The molecule has 0 saturated carbocycles. The van der Waals surface area contributed by atoms with Crippen LogP contribution in [0.3, 0.4) is 0 Å². The average Bonchev–Trinajstić information content (AvgIpc) is 2.83. The van der Waals surface area contributed by atoms with Crippen LogP contribution in [0.15, 0.2) is 29.4 Å². The van der Waals surface area contributed by atoms with Crippen LogP contribution in [0, 0.1) is 0 Å². The van der Waals surface area contributed by atoms with Gasteiger partial charge in [-0.05, 0) is 57.3 Å². The number of imidazole rings is 1. The molecule has 0 amide bonds. The van der Waals surface area contributed by atoms with Gasteiger partial charge in [-0.25, -0.2) is 4.98 Å². The third-order valence-corrected chi connectivity index (χ3v) is 4.74. The molecule has 4 heteroatoms. The lowest BCUT2D eigenvalue weighted by molar-refractivity contribution is 0.237. The molecule has 0 spiro atoms. The van der Waals surface area contributed by atoms with E-state index in [1.54, 1.807) is 11.8 Å². The van der Waals surface area contributed by atoms with Gasteiger partial charge < -0.3 is 9.88 Å². The van der Waals surface area contributed by atoms with E-state index < -0.39 is 0 Å². The van der Waals surface area contributed by atoms with Gasteiger partial charge in [0.05, 0.1) is 17.4 Å². The van der Waals surface area contributed by atoms with Crippen LogP contribution in [0.2, 0.25) is 0 Å². The first-order valence-electron chi connectivity index (χ1n) is 6.45. The predicted molar refractivity (Wildman–Crippen MR) is 77.3 cm³/mol. The molecule has 3 rings (SSSR count). The topological polar surface area (TPSA) is 29.9 Å². The molecule has 0 bridgehead atoms. The second-order valence-electron chi connectivity index (χ2n) is 5.22. The van der Waals surface area contributed by atoms with Crippen LogP contribution in [0.5, 0.6) is 0 Å². The molecule has 1 aliphatic rings. The highest BCUT2D eigenvalue weighted by molar-refractivity contribution is 7.98. The van der Waals surface area contributed by atoms with Crippen molar-refractivity contribution in [3.8, 4) is 0 Å². The lowest BCUT2D eigenvalue weighted by Crippen LogP contribution is -2.41. The predicted octanol–water partition coefficient (Wildman–Crippen LogP) is 2.86. The summed E-state index contributed by atoms with van der Waals surface area (Å²) in [6.07, 6.45) is 6.46. The van der Waals surface area contributed by atoms with E-state index in [4.69, 9.17) is 0 Å². The van der Waals surface area contributed by atoms with E-state index in [2.05, 4.69) is 46.2 Å². The number of hydrogen-bond acceptors (Lipinski definition) is 3. The monoisotopic (exact) mass is 261 g/mol. The lowest BCUT2D eigenvalue weighted by Gasteiger charge is -2.36. The van der Waals surface area contributed by atoms with Crippen molar-refractivity contribution in [3.63, 3.8) is 0 Å². The van der Waals surface area contributed by atoms with Gasteiger partial charge in [-0.1, -0.05) is 0 Å². The molecule has 2 heterocycles. The molecule has 96 valence electrons. The van der Waals surface area contributed by atoms with Gasteiger partial charge >= 0.3 is 0 Å². The largest absolute Gasteiger partial charge is 0.325 e. The van der Waals surface area contributed by atoms with Gasteiger partial charge in [0, 0.05) is 10.4 Å². The van der Waals surface area contributed by atoms with Crippen molar-refractivity contribution in [3.05, 3.63) is 24.5 Å². The van der Waals surface area contributed by atoms with Crippen molar-refractivity contribution in [1.29, 1.82) is 0 Å². The molecular weight excluding hydrogens is 242 g/mol. The smallest absolute Gasteiger partial charge is 0.0963 e. The minimum absolute atomic E-state index is 0.209. The molecule has 1 aromatic carbocycles. The molecule has 2 aromatic rings. The van der Waals surface area contributed by atoms with E-state index in [-0.39, 0.29) is 5.54 Å². The molecule has 3 nitrogen and oxygen atoms in total. The Morgan fingerprint density at radius 1 is 1.33 bits per heavy atom. The Morgan fingerprint density at radius 2 is 2.11 bits per heavy atom. The molecule has 1 aliphatic heterocycles. The maximum Gasteiger partial charge on any atom is 0.0963 e. The molecule has 0 unspecified atom stereocenters. The van der Waals surface area contributed by atoms with Crippen LogP contribution in [0.4, 0.5) is 0 Å². The Bertz CT molecular complexity index is 555. The highest BCUT2D eigenvalue weighted by Gasteiger charge is 2.29. The van der Waals surface area contributed by atoms with Crippen molar-refractivity contribution < 1.29 is 0 Å². The summed E-state index contributed by atoms with van der Waals surface area (Å²) < 4.78 is 2.37. The number of fused-ring (bicyclic) bond motifs is 1. The molecule has 1 fully saturated rings. The summed E-state index contributed by atoms with van der Waals surface area (Å²) in [4.78, 5) is 5.86. The Balaban J connectivity index is 2.06. The standard InChI is InChI=1S/C14H19N3S/c1-14(5-7-15-8-6-14)17-10-16-12-9-11(18-2)3-4-13(12)17/h3-4,9-10,15H,5-8H2,1-2H3. The van der Waals surface area contributed by atoms with Gasteiger partial charge in [-0.3, -0.25) is 0 Å². The maximum atomic E-state index is 4.58. The van der Waals surface area contributed by atoms with E-state index in [9.17, 15) is 0 Å². The highest BCUT2D eigenvalue weighted by Crippen LogP contribution is 2.31. The maximum absolute atomic E-state index is 4.58. The van der Waals surface area contributed by atoms with Crippen molar-refractivity contribution in [1.82, 2.24) is 14.9 Å². The number of aromatic nitrogens is 2. The molecule has 0 atom stereocenters. The zero-order chi connectivity index (χ0) is 12.6. The first-order valence-corrected chi connectivity index (χ1v) is 7.68. The van der Waals surface area contributed by atoms with Crippen molar-refractivity contribution in [2.24, 2.45) is 0 Å². The van der Waals surface area contributed by atoms with Crippen LogP contribution in [-0.4, -0.2) is 28.9 Å². The van der Waals surface area contributed by atoms with Crippen molar-refractivity contribution in [2.45, 2.75) is 30.2 Å². The fourth-order valence-electron chi connectivity index (χ4n) is 2.76. The fraction of sp³-hybridized carbons (Fsp3) is 0.500. The quantitative estimate of drug-likeness (QED) is 0.843. The third kappa shape index (κ3) is 1.93. The van der Waals surface area contributed by atoms with Gasteiger partial charge in [-0.15, -0.1) is 11.8 Å². The van der Waals surface area contributed by atoms with Gasteiger partial charge in [0.1, 0.15) is 0 Å². The molecule has 1 N–H and O–H groups in total. The van der Waals surface area contributed by atoms with Gasteiger partial charge in [0.15, 0.2) is 0 Å². The summed E-state index contributed by atoms with van der Waals surface area (Å²) in [6.45, 7) is 4.54. The second kappa shape index (κ2) is 4.59. The van der Waals surface area contributed by atoms with Crippen molar-refractivity contribution >= 4 is 22.8 Å². The van der Waals surface area contributed by atoms with E-state index in [1.165, 1.54) is 23.3 Å². The van der Waals surface area contributed by atoms with Crippen LogP contribution in [-0.2, 0) is 5.54 Å². The van der Waals surface area contributed by atoms with Crippen LogP contribution >= 0.6 is 11.8 Å². The number of nitrogens with one attached hydrogen (secondary N) is 1. The van der Waals surface area contributed by atoms with Crippen LogP contribution in [0.1, 0.15) is 19.8 Å². The SMILES string of the molecule is CSc1ccc2c(c1)ncn2C1(C)CCNCC1. The van der Waals surface area contributed by atoms with Crippen LogP contribution in [0.25, 0.3) is 11.0 Å². The van der Waals surface area contributed by atoms with Crippen LogP contribution < -0.4 is 5.32 Å². The normalized spacial score (nSPS) is 19.2. The number of benzene rings is 1. The molecule has 1 aromatic heterocycles. The van der Waals surface area contributed by atoms with Gasteiger partial charge in [-0.2, -0.15) is 0 Å². The molecule has 1 saturated heterocycles. The Kier molecular flexibility index (Phi) is 3.08. The molecular formula is C14H19N3S. The Hall–Kier alpha value is -1.00.